The molecular weight excluding hydrogens is 204 g/mol. The number of ether oxygens (including phenoxy) is 1. The van der Waals surface area contributed by atoms with E-state index < -0.39 is 0 Å². The Balaban J connectivity index is 3.67. The van der Waals surface area contributed by atoms with Gasteiger partial charge >= 0.3 is 0 Å². The lowest BCUT2D eigenvalue weighted by Gasteiger charge is -2.23. The summed E-state index contributed by atoms with van der Waals surface area (Å²) >= 11 is 5.41. The van der Waals surface area contributed by atoms with E-state index in [1.165, 1.54) is 11.8 Å². The Hall–Kier alpha value is 0.330. The molecule has 0 fully saturated rings. The first-order valence-corrected chi connectivity index (χ1v) is 6.04. The van der Waals surface area contributed by atoms with Gasteiger partial charge in [0.1, 0.15) is 0 Å². The second-order valence-electron chi connectivity index (χ2n) is 3.35. The monoisotopic (exact) mass is 222 g/mol. The van der Waals surface area contributed by atoms with Gasteiger partial charge in [0.15, 0.2) is 5.12 Å². The molecule has 0 radical (unpaired) electrons. The molecule has 0 atom stereocenters. The van der Waals surface area contributed by atoms with Crippen LogP contribution < -0.4 is 0 Å². The number of hydrogen-bond acceptors (Lipinski definition) is 4. The molecule has 0 unspecified atom stereocenters. The Morgan fingerprint density at radius 3 is 2.62 bits per heavy atom. The number of thioether (sulfide) groups is 1. The Labute approximate surface area is 90.2 Å². The summed E-state index contributed by atoms with van der Waals surface area (Å²) in [6.45, 7) is 6.49. The summed E-state index contributed by atoms with van der Waals surface area (Å²) in [5, 5.41) is 0.225. The molecule has 0 bridgehead atoms. The van der Waals surface area contributed by atoms with Crippen molar-refractivity contribution < 1.29 is 9.53 Å². The van der Waals surface area contributed by atoms with Gasteiger partial charge in [-0.3, -0.25) is 4.79 Å². The molecule has 0 amide bonds. The van der Waals surface area contributed by atoms with Crippen LogP contribution in [0.25, 0.3) is 0 Å². The maximum absolute atomic E-state index is 11.0. The molecule has 0 spiro atoms. The third kappa shape index (κ3) is 7.40. The molecule has 78 valence electrons. The molecule has 0 saturated carbocycles. The molecule has 0 saturated heterocycles. The third-order valence-electron chi connectivity index (χ3n) is 1.45. The second kappa shape index (κ2) is 6.74. The SMILES string of the molecule is CCC(=O)SCC(C)(C)OCCS. The Morgan fingerprint density at radius 1 is 1.54 bits per heavy atom. The van der Waals surface area contributed by atoms with Crippen LogP contribution >= 0.6 is 24.4 Å². The Bertz CT molecular complexity index is 158. The molecule has 2 nitrogen and oxygen atoms in total. The Kier molecular flexibility index (Phi) is 6.91. The van der Waals surface area contributed by atoms with Gasteiger partial charge in [0.25, 0.3) is 0 Å². The second-order valence-corrected chi connectivity index (χ2v) is 4.83. The van der Waals surface area contributed by atoms with Gasteiger partial charge in [-0.1, -0.05) is 18.7 Å². The number of hydrogen-bond donors (Lipinski definition) is 1. The highest BCUT2D eigenvalue weighted by molar-refractivity contribution is 8.13. The van der Waals surface area contributed by atoms with E-state index in [1.807, 2.05) is 20.8 Å². The smallest absolute Gasteiger partial charge is 0.188 e. The minimum absolute atomic E-state index is 0.224. The highest BCUT2D eigenvalue weighted by Gasteiger charge is 2.19. The quantitative estimate of drug-likeness (QED) is 0.699. The van der Waals surface area contributed by atoms with E-state index >= 15 is 0 Å². The minimum Gasteiger partial charge on any atom is -0.374 e. The zero-order chi connectivity index (χ0) is 10.3. The highest BCUT2D eigenvalue weighted by atomic mass is 32.2. The van der Waals surface area contributed by atoms with Crippen molar-refractivity contribution in [3.05, 3.63) is 0 Å². The van der Waals surface area contributed by atoms with Gasteiger partial charge in [-0.2, -0.15) is 12.6 Å². The first-order valence-electron chi connectivity index (χ1n) is 4.42. The van der Waals surface area contributed by atoms with Gasteiger partial charge in [-0.15, -0.1) is 0 Å². The van der Waals surface area contributed by atoms with Crippen molar-refractivity contribution in [3.63, 3.8) is 0 Å². The van der Waals surface area contributed by atoms with E-state index in [0.717, 1.165) is 5.75 Å². The summed E-state index contributed by atoms with van der Waals surface area (Å²) in [5.74, 6) is 1.43. The molecule has 13 heavy (non-hydrogen) atoms. The maximum atomic E-state index is 11.0. The predicted molar refractivity (Wildman–Crippen MR) is 61.6 cm³/mol. The predicted octanol–water partition coefficient (Wildman–Crippen LogP) is 2.38. The van der Waals surface area contributed by atoms with E-state index in [4.69, 9.17) is 4.74 Å². The van der Waals surface area contributed by atoms with E-state index in [0.29, 0.717) is 18.8 Å². The number of carbonyl (C=O) groups excluding carboxylic acids is 1. The van der Waals surface area contributed by atoms with Crippen molar-refractivity contribution in [1.29, 1.82) is 0 Å². The molecule has 0 aliphatic rings. The lowest BCUT2D eigenvalue weighted by atomic mass is 10.2. The highest BCUT2D eigenvalue weighted by Crippen LogP contribution is 2.18. The standard InChI is InChI=1S/C9H18O2S2/c1-4-8(10)13-7-9(2,3)11-5-6-12/h12H,4-7H2,1-3H3. The summed E-state index contributed by atoms with van der Waals surface area (Å²) in [4.78, 5) is 11.0. The molecule has 0 aliphatic carbocycles. The van der Waals surface area contributed by atoms with Crippen LogP contribution in [0.5, 0.6) is 0 Å². The van der Waals surface area contributed by atoms with Crippen molar-refractivity contribution in [3.8, 4) is 0 Å². The van der Waals surface area contributed by atoms with Crippen molar-refractivity contribution in [2.75, 3.05) is 18.1 Å². The fourth-order valence-corrected chi connectivity index (χ4v) is 1.61. The van der Waals surface area contributed by atoms with E-state index in [2.05, 4.69) is 12.6 Å². The van der Waals surface area contributed by atoms with Crippen molar-refractivity contribution in [1.82, 2.24) is 0 Å². The van der Waals surface area contributed by atoms with Crippen molar-refractivity contribution >= 4 is 29.5 Å². The fourth-order valence-electron chi connectivity index (χ4n) is 0.720. The molecule has 0 heterocycles. The number of carbonyl (C=O) groups is 1. The van der Waals surface area contributed by atoms with E-state index in [-0.39, 0.29) is 10.7 Å². The van der Waals surface area contributed by atoms with Gasteiger partial charge in [0.2, 0.25) is 0 Å². The van der Waals surface area contributed by atoms with Gasteiger partial charge in [-0.25, -0.2) is 0 Å². The van der Waals surface area contributed by atoms with E-state index in [1.54, 1.807) is 0 Å². The molecule has 0 aromatic heterocycles. The zero-order valence-corrected chi connectivity index (χ0v) is 10.2. The lowest BCUT2D eigenvalue weighted by Crippen LogP contribution is -2.29. The summed E-state index contributed by atoms with van der Waals surface area (Å²) in [5.41, 5.74) is -0.224. The number of thiol groups is 1. The topological polar surface area (TPSA) is 26.3 Å². The fraction of sp³-hybridized carbons (Fsp3) is 0.889. The summed E-state index contributed by atoms with van der Waals surface area (Å²) < 4.78 is 5.52. The van der Waals surface area contributed by atoms with E-state index in [9.17, 15) is 4.79 Å². The summed E-state index contributed by atoms with van der Waals surface area (Å²) in [6, 6.07) is 0. The van der Waals surface area contributed by atoms with Crippen molar-refractivity contribution in [2.45, 2.75) is 32.8 Å². The molecule has 0 N–H and O–H groups in total. The van der Waals surface area contributed by atoms with Crippen LogP contribution in [0.15, 0.2) is 0 Å². The zero-order valence-electron chi connectivity index (χ0n) is 8.50. The lowest BCUT2D eigenvalue weighted by molar-refractivity contribution is -0.110. The van der Waals surface area contributed by atoms with Crippen molar-refractivity contribution in [2.24, 2.45) is 0 Å². The van der Waals surface area contributed by atoms with Gasteiger partial charge in [0.05, 0.1) is 12.2 Å². The van der Waals surface area contributed by atoms with Gasteiger partial charge in [0, 0.05) is 17.9 Å². The first-order chi connectivity index (χ1) is 6.02. The van der Waals surface area contributed by atoms with Crippen LogP contribution in [-0.4, -0.2) is 28.8 Å². The normalized spacial score (nSPS) is 11.7. The maximum Gasteiger partial charge on any atom is 0.188 e. The van der Waals surface area contributed by atoms with Crippen LogP contribution in [0.1, 0.15) is 27.2 Å². The molecule has 0 rings (SSSR count). The third-order valence-corrected chi connectivity index (χ3v) is 3.09. The average Bonchev–Trinajstić information content (AvgIpc) is 2.11. The van der Waals surface area contributed by atoms with Crippen LogP contribution in [0.2, 0.25) is 0 Å². The molecule has 0 aromatic carbocycles. The largest absolute Gasteiger partial charge is 0.374 e. The molecule has 0 aliphatic heterocycles. The average molecular weight is 222 g/mol. The number of rotatable bonds is 6. The van der Waals surface area contributed by atoms with Gasteiger partial charge < -0.3 is 4.74 Å². The van der Waals surface area contributed by atoms with Crippen LogP contribution in [0, 0.1) is 0 Å². The minimum atomic E-state index is -0.224. The molecular formula is C9H18O2S2. The summed E-state index contributed by atoms with van der Waals surface area (Å²) in [7, 11) is 0. The first kappa shape index (κ1) is 13.3. The molecule has 4 heteroatoms. The van der Waals surface area contributed by atoms with Crippen LogP contribution in [0.4, 0.5) is 0 Å². The van der Waals surface area contributed by atoms with Gasteiger partial charge in [-0.05, 0) is 13.8 Å². The molecule has 0 aromatic rings. The Morgan fingerprint density at radius 2 is 2.15 bits per heavy atom. The summed E-state index contributed by atoms with van der Waals surface area (Å²) in [6.07, 6.45) is 0.591. The van der Waals surface area contributed by atoms with Crippen LogP contribution in [0.3, 0.4) is 0 Å². The van der Waals surface area contributed by atoms with Crippen LogP contribution in [-0.2, 0) is 9.53 Å².